The summed E-state index contributed by atoms with van der Waals surface area (Å²) in [6, 6.07) is 7.56. The van der Waals surface area contributed by atoms with Gasteiger partial charge >= 0.3 is 0 Å². The first kappa shape index (κ1) is 17.4. The number of hydrogen-bond acceptors (Lipinski definition) is 4. The van der Waals surface area contributed by atoms with Crippen LogP contribution in [0.5, 0.6) is 5.75 Å². The first-order chi connectivity index (χ1) is 12.0. The number of aryl methyl sites for hydroxylation is 2. The summed E-state index contributed by atoms with van der Waals surface area (Å²) in [5.74, 6) is 0.686. The predicted molar refractivity (Wildman–Crippen MR) is 101 cm³/mol. The maximum atomic E-state index is 12.2. The van der Waals surface area contributed by atoms with Crippen molar-refractivity contribution in [2.24, 2.45) is 0 Å². The number of amides is 1. The molecule has 0 fully saturated rings. The van der Waals surface area contributed by atoms with Crippen molar-refractivity contribution >= 4 is 38.4 Å². The van der Waals surface area contributed by atoms with Crippen LogP contribution in [0.4, 0.5) is 5.69 Å². The molecule has 0 spiro atoms. The molecule has 0 bridgehead atoms. The molecule has 0 atom stereocenters. The van der Waals surface area contributed by atoms with Crippen LogP contribution in [0.2, 0.25) is 0 Å². The molecule has 3 rings (SSSR count). The van der Waals surface area contributed by atoms with Gasteiger partial charge in [0.1, 0.15) is 5.75 Å². The molecule has 2 heterocycles. The maximum Gasteiger partial charge on any atom is 0.226 e. The van der Waals surface area contributed by atoms with Crippen LogP contribution in [0.1, 0.15) is 17.8 Å². The van der Waals surface area contributed by atoms with Crippen molar-refractivity contribution in [1.82, 2.24) is 14.8 Å². The largest absolute Gasteiger partial charge is 0.497 e. The smallest absolute Gasteiger partial charge is 0.226 e. The van der Waals surface area contributed by atoms with Gasteiger partial charge in [-0.1, -0.05) is 0 Å². The van der Waals surface area contributed by atoms with Gasteiger partial charge in [-0.25, -0.2) is 0 Å². The predicted octanol–water partition coefficient (Wildman–Crippen LogP) is 3.85. The minimum absolute atomic E-state index is 0.0710. The molecule has 3 aromatic rings. The Kier molecular flexibility index (Phi) is 5.03. The number of halogens is 1. The number of ether oxygens (including phenoxy) is 1. The first-order valence-corrected chi connectivity index (χ1v) is 8.70. The summed E-state index contributed by atoms with van der Waals surface area (Å²) < 4.78 is 8.01. The summed E-state index contributed by atoms with van der Waals surface area (Å²) in [4.78, 5) is 16.6. The molecule has 25 heavy (non-hydrogen) atoms. The lowest BCUT2D eigenvalue weighted by molar-refractivity contribution is -0.116. The third-order valence-electron chi connectivity index (χ3n) is 4.02. The lowest BCUT2D eigenvalue weighted by Crippen LogP contribution is -2.15. The Balaban J connectivity index is 1.66. The molecule has 130 valence electrons. The molecule has 6 nitrogen and oxygen atoms in total. The Morgan fingerprint density at radius 3 is 2.80 bits per heavy atom. The fourth-order valence-corrected chi connectivity index (χ4v) is 2.90. The van der Waals surface area contributed by atoms with Crippen LogP contribution in [0, 0.1) is 13.8 Å². The maximum absolute atomic E-state index is 12.2. The summed E-state index contributed by atoms with van der Waals surface area (Å²) in [6.45, 7) is 4.44. The Labute approximate surface area is 154 Å². The van der Waals surface area contributed by atoms with Gasteiger partial charge in [0.05, 0.1) is 41.2 Å². The molecule has 0 saturated carbocycles. The van der Waals surface area contributed by atoms with Gasteiger partial charge in [-0.3, -0.25) is 14.5 Å². The number of benzene rings is 1. The molecule has 0 aliphatic rings. The topological polar surface area (TPSA) is 69.0 Å². The Morgan fingerprint density at radius 1 is 1.32 bits per heavy atom. The van der Waals surface area contributed by atoms with Crippen molar-refractivity contribution in [3.63, 3.8) is 0 Å². The van der Waals surface area contributed by atoms with E-state index < -0.39 is 0 Å². The minimum atomic E-state index is -0.0710. The van der Waals surface area contributed by atoms with E-state index in [0.717, 1.165) is 32.5 Å². The standard InChI is InChI=1S/C18H19BrN4O2/c1-11-18(19)12(2)23(22-11)7-6-17(24)21-14-8-13-4-5-15(25-3)9-16(13)20-10-14/h4-5,8-10H,6-7H2,1-3H3,(H,21,24). The van der Waals surface area contributed by atoms with Gasteiger partial charge in [0.15, 0.2) is 0 Å². The van der Waals surface area contributed by atoms with Crippen LogP contribution in [0.3, 0.4) is 0 Å². The number of anilines is 1. The van der Waals surface area contributed by atoms with E-state index in [4.69, 9.17) is 4.74 Å². The van der Waals surface area contributed by atoms with Crippen LogP contribution >= 0.6 is 15.9 Å². The molecule has 1 amide bonds. The molecular formula is C18H19BrN4O2. The van der Waals surface area contributed by atoms with Gasteiger partial charge in [-0.05, 0) is 48.0 Å². The van der Waals surface area contributed by atoms with Gasteiger partial charge < -0.3 is 10.1 Å². The van der Waals surface area contributed by atoms with Gasteiger partial charge in [0.25, 0.3) is 0 Å². The van der Waals surface area contributed by atoms with Gasteiger partial charge in [0.2, 0.25) is 5.91 Å². The van der Waals surface area contributed by atoms with Gasteiger partial charge in [-0.15, -0.1) is 0 Å². The van der Waals surface area contributed by atoms with Crippen molar-refractivity contribution in [2.45, 2.75) is 26.8 Å². The Bertz CT molecular complexity index is 936. The highest BCUT2D eigenvalue weighted by atomic mass is 79.9. The SMILES string of the molecule is COc1ccc2cc(NC(=O)CCn3nc(C)c(Br)c3C)cnc2c1. The zero-order valence-corrected chi connectivity index (χ0v) is 15.9. The zero-order valence-electron chi connectivity index (χ0n) is 14.3. The molecule has 0 unspecified atom stereocenters. The second-order valence-corrected chi connectivity index (χ2v) is 6.58. The van der Waals surface area contributed by atoms with E-state index in [1.807, 2.05) is 42.8 Å². The summed E-state index contributed by atoms with van der Waals surface area (Å²) in [7, 11) is 1.62. The number of fused-ring (bicyclic) bond motifs is 1. The summed E-state index contributed by atoms with van der Waals surface area (Å²) in [5.41, 5.74) is 3.45. The van der Waals surface area contributed by atoms with Crippen LogP contribution in [-0.2, 0) is 11.3 Å². The monoisotopic (exact) mass is 402 g/mol. The quantitative estimate of drug-likeness (QED) is 0.703. The number of methoxy groups -OCH3 is 1. The summed E-state index contributed by atoms with van der Waals surface area (Å²) in [6.07, 6.45) is 1.99. The molecule has 2 aromatic heterocycles. The van der Waals surface area contributed by atoms with E-state index >= 15 is 0 Å². The van der Waals surface area contributed by atoms with E-state index in [-0.39, 0.29) is 5.91 Å². The molecule has 0 radical (unpaired) electrons. The fourth-order valence-electron chi connectivity index (χ4n) is 2.62. The highest BCUT2D eigenvalue weighted by Gasteiger charge is 2.10. The van der Waals surface area contributed by atoms with Gasteiger partial charge in [-0.2, -0.15) is 5.10 Å². The average Bonchev–Trinajstić information content (AvgIpc) is 2.86. The summed E-state index contributed by atoms with van der Waals surface area (Å²) in [5, 5.41) is 8.25. The highest BCUT2D eigenvalue weighted by molar-refractivity contribution is 9.10. The Morgan fingerprint density at radius 2 is 2.12 bits per heavy atom. The number of carbonyl (C=O) groups is 1. The number of nitrogens with one attached hydrogen (secondary N) is 1. The number of aromatic nitrogens is 3. The molecule has 0 aliphatic heterocycles. The van der Waals surface area contributed by atoms with Crippen molar-refractivity contribution in [3.8, 4) is 5.75 Å². The van der Waals surface area contributed by atoms with Crippen LogP contribution in [-0.4, -0.2) is 27.8 Å². The molecule has 7 heteroatoms. The lowest BCUT2D eigenvalue weighted by atomic mass is 10.2. The molecular weight excluding hydrogens is 384 g/mol. The van der Waals surface area contributed by atoms with Crippen molar-refractivity contribution in [2.75, 3.05) is 12.4 Å². The Hall–Kier alpha value is -2.41. The molecule has 1 N–H and O–H groups in total. The number of carbonyl (C=O) groups excluding carboxylic acids is 1. The number of hydrogen-bond donors (Lipinski definition) is 1. The van der Waals surface area contributed by atoms with E-state index in [9.17, 15) is 4.79 Å². The third kappa shape index (κ3) is 3.82. The zero-order chi connectivity index (χ0) is 18.0. The van der Waals surface area contributed by atoms with Crippen molar-refractivity contribution in [3.05, 3.63) is 46.3 Å². The van der Waals surface area contributed by atoms with E-state index in [1.54, 1.807) is 13.3 Å². The first-order valence-electron chi connectivity index (χ1n) is 7.91. The van der Waals surface area contributed by atoms with Crippen molar-refractivity contribution in [1.29, 1.82) is 0 Å². The molecule has 0 aliphatic carbocycles. The van der Waals surface area contributed by atoms with Crippen LogP contribution in [0.25, 0.3) is 10.9 Å². The summed E-state index contributed by atoms with van der Waals surface area (Å²) >= 11 is 3.49. The highest BCUT2D eigenvalue weighted by Crippen LogP contribution is 2.22. The number of nitrogens with zero attached hydrogens (tertiary/aromatic N) is 3. The average molecular weight is 403 g/mol. The van der Waals surface area contributed by atoms with Crippen molar-refractivity contribution < 1.29 is 9.53 Å². The lowest BCUT2D eigenvalue weighted by Gasteiger charge is -2.08. The number of rotatable bonds is 5. The number of pyridine rings is 1. The van der Waals surface area contributed by atoms with Crippen LogP contribution < -0.4 is 10.1 Å². The van der Waals surface area contributed by atoms with E-state index in [2.05, 4.69) is 31.3 Å². The molecule has 0 saturated heterocycles. The fraction of sp³-hybridized carbons (Fsp3) is 0.278. The second-order valence-electron chi connectivity index (χ2n) is 5.79. The van der Waals surface area contributed by atoms with Gasteiger partial charge in [0, 0.05) is 23.6 Å². The normalized spacial score (nSPS) is 10.9. The van der Waals surface area contributed by atoms with E-state index in [1.165, 1.54) is 0 Å². The van der Waals surface area contributed by atoms with E-state index in [0.29, 0.717) is 18.7 Å². The minimum Gasteiger partial charge on any atom is -0.497 e. The third-order valence-corrected chi connectivity index (χ3v) is 5.17. The molecule has 1 aromatic carbocycles. The second kappa shape index (κ2) is 7.23. The van der Waals surface area contributed by atoms with Crippen LogP contribution in [0.15, 0.2) is 34.9 Å².